The second kappa shape index (κ2) is 8.74. The molecule has 0 spiro atoms. The van der Waals surface area contributed by atoms with Crippen molar-refractivity contribution < 1.29 is 27.5 Å². The monoisotopic (exact) mass is 432 g/mol. The van der Waals surface area contributed by atoms with Gasteiger partial charge in [0.2, 0.25) is 0 Å². The van der Waals surface area contributed by atoms with Crippen molar-refractivity contribution in [2.24, 2.45) is 0 Å². The Kier molecular flexibility index (Phi) is 6.31. The molecule has 0 aromatic heterocycles. The number of ether oxygens (including phenoxy) is 2. The summed E-state index contributed by atoms with van der Waals surface area (Å²) in [5.41, 5.74) is 1.35. The van der Waals surface area contributed by atoms with E-state index in [9.17, 15) is 18.0 Å². The van der Waals surface area contributed by atoms with Crippen LogP contribution in [0.4, 0.5) is 5.69 Å². The number of methoxy groups -OCH3 is 1. The molecule has 1 amide bonds. The molecule has 8 nitrogen and oxygen atoms in total. The van der Waals surface area contributed by atoms with E-state index in [0.717, 1.165) is 18.4 Å². The number of amides is 1. The molecule has 1 unspecified atom stereocenters. The zero-order chi connectivity index (χ0) is 21.9. The van der Waals surface area contributed by atoms with Gasteiger partial charge in [0, 0.05) is 11.7 Å². The third-order valence-electron chi connectivity index (χ3n) is 4.57. The molecule has 2 aromatic rings. The van der Waals surface area contributed by atoms with Crippen LogP contribution < -0.4 is 14.8 Å². The van der Waals surface area contributed by atoms with Crippen molar-refractivity contribution in [1.82, 2.24) is 5.32 Å². The molecule has 0 saturated heterocycles. The van der Waals surface area contributed by atoms with Gasteiger partial charge in [0.25, 0.3) is 15.9 Å². The van der Waals surface area contributed by atoms with Gasteiger partial charge < -0.3 is 14.8 Å². The largest absolute Gasteiger partial charge is 0.495 e. The SMILES string of the molecule is COc1ccc(C(=O)OC(C)C(=O)NC2CC2)cc1S(=O)(=O)Nc1ccc(C)cc1. The number of hydrogen-bond acceptors (Lipinski definition) is 6. The van der Waals surface area contributed by atoms with Crippen LogP contribution >= 0.6 is 0 Å². The molecule has 30 heavy (non-hydrogen) atoms. The highest BCUT2D eigenvalue weighted by molar-refractivity contribution is 7.92. The van der Waals surface area contributed by atoms with Crippen LogP contribution in [-0.2, 0) is 19.6 Å². The van der Waals surface area contributed by atoms with E-state index in [1.54, 1.807) is 24.3 Å². The highest BCUT2D eigenvalue weighted by Crippen LogP contribution is 2.27. The van der Waals surface area contributed by atoms with Crippen molar-refractivity contribution in [1.29, 1.82) is 0 Å². The lowest BCUT2D eigenvalue weighted by molar-refractivity contribution is -0.129. The maximum atomic E-state index is 12.9. The summed E-state index contributed by atoms with van der Waals surface area (Å²) >= 11 is 0. The minimum absolute atomic E-state index is 0.00819. The number of hydrogen-bond donors (Lipinski definition) is 2. The smallest absolute Gasteiger partial charge is 0.338 e. The summed E-state index contributed by atoms with van der Waals surface area (Å²) in [6.07, 6.45) is 0.839. The predicted octanol–water partition coefficient (Wildman–Crippen LogP) is 2.63. The van der Waals surface area contributed by atoms with E-state index < -0.39 is 22.1 Å². The minimum Gasteiger partial charge on any atom is -0.495 e. The van der Waals surface area contributed by atoms with Crippen LogP contribution in [0.15, 0.2) is 47.4 Å². The molecule has 9 heteroatoms. The zero-order valence-electron chi connectivity index (χ0n) is 17.0. The van der Waals surface area contributed by atoms with Gasteiger partial charge in [0.1, 0.15) is 10.6 Å². The fraction of sp³-hybridized carbons (Fsp3) is 0.333. The first-order chi connectivity index (χ1) is 14.2. The molecule has 1 aliphatic rings. The average Bonchev–Trinajstić information content (AvgIpc) is 3.53. The quantitative estimate of drug-likeness (QED) is 0.621. The van der Waals surface area contributed by atoms with Crippen molar-refractivity contribution >= 4 is 27.6 Å². The van der Waals surface area contributed by atoms with Gasteiger partial charge in [0.15, 0.2) is 6.10 Å². The first-order valence-electron chi connectivity index (χ1n) is 9.48. The molecule has 2 N–H and O–H groups in total. The van der Waals surface area contributed by atoms with Gasteiger partial charge in [-0.1, -0.05) is 17.7 Å². The molecule has 160 valence electrons. The molecule has 0 bridgehead atoms. The van der Waals surface area contributed by atoms with Crippen LogP contribution in [0.5, 0.6) is 5.75 Å². The lowest BCUT2D eigenvalue weighted by Crippen LogP contribution is -2.37. The van der Waals surface area contributed by atoms with Gasteiger partial charge >= 0.3 is 5.97 Å². The van der Waals surface area contributed by atoms with Crippen molar-refractivity contribution in [3.8, 4) is 5.75 Å². The predicted molar refractivity (Wildman–Crippen MR) is 111 cm³/mol. The molecule has 2 aromatic carbocycles. The van der Waals surface area contributed by atoms with Gasteiger partial charge in [-0.05, 0) is 57.0 Å². The van der Waals surface area contributed by atoms with Crippen LogP contribution in [0.3, 0.4) is 0 Å². The number of carbonyl (C=O) groups is 2. The third-order valence-corrected chi connectivity index (χ3v) is 5.97. The number of esters is 1. The summed E-state index contributed by atoms with van der Waals surface area (Å²) < 4.78 is 38.6. The van der Waals surface area contributed by atoms with Crippen LogP contribution in [0.25, 0.3) is 0 Å². The average molecular weight is 432 g/mol. The number of sulfonamides is 1. The van der Waals surface area contributed by atoms with E-state index in [1.165, 1.54) is 32.2 Å². The fourth-order valence-corrected chi connectivity index (χ4v) is 3.93. The molecule has 3 rings (SSSR count). The Hall–Kier alpha value is -3.07. The number of rotatable bonds is 8. The van der Waals surface area contributed by atoms with E-state index in [1.807, 2.05) is 6.92 Å². The van der Waals surface area contributed by atoms with Gasteiger partial charge in [-0.15, -0.1) is 0 Å². The Morgan fingerprint density at radius 1 is 1.10 bits per heavy atom. The summed E-state index contributed by atoms with van der Waals surface area (Å²) in [6.45, 7) is 3.36. The van der Waals surface area contributed by atoms with Crippen LogP contribution in [0, 0.1) is 6.92 Å². The Labute approximate surface area is 175 Å². The Balaban J connectivity index is 1.80. The Bertz CT molecular complexity index is 1050. The normalized spacial score (nSPS) is 14.5. The van der Waals surface area contributed by atoms with E-state index in [2.05, 4.69) is 10.0 Å². The molecule has 0 aliphatic heterocycles. The number of anilines is 1. The summed E-state index contributed by atoms with van der Waals surface area (Å²) in [7, 11) is -2.70. The molecule has 1 atom stereocenters. The molecule has 1 aliphatic carbocycles. The van der Waals surface area contributed by atoms with E-state index in [4.69, 9.17) is 9.47 Å². The van der Waals surface area contributed by atoms with Crippen molar-refractivity contribution in [3.63, 3.8) is 0 Å². The lowest BCUT2D eigenvalue weighted by Gasteiger charge is -2.15. The second-order valence-electron chi connectivity index (χ2n) is 7.17. The number of aryl methyl sites for hydroxylation is 1. The molecular weight excluding hydrogens is 408 g/mol. The number of benzene rings is 2. The molecule has 0 radical (unpaired) electrons. The highest BCUT2D eigenvalue weighted by Gasteiger charge is 2.28. The molecular formula is C21H24N2O6S. The van der Waals surface area contributed by atoms with Crippen molar-refractivity contribution in [3.05, 3.63) is 53.6 Å². The fourth-order valence-electron chi connectivity index (χ4n) is 2.67. The first kappa shape index (κ1) is 21.6. The first-order valence-corrected chi connectivity index (χ1v) is 11.0. The summed E-state index contributed by atoms with van der Waals surface area (Å²) in [5, 5.41) is 2.75. The van der Waals surface area contributed by atoms with E-state index in [0.29, 0.717) is 5.69 Å². The molecule has 1 saturated carbocycles. The van der Waals surface area contributed by atoms with Crippen molar-refractivity contribution in [2.75, 3.05) is 11.8 Å². The maximum absolute atomic E-state index is 12.9. The molecule has 0 heterocycles. The van der Waals surface area contributed by atoms with Gasteiger partial charge in [-0.25, -0.2) is 13.2 Å². The van der Waals surface area contributed by atoms with Gasteiger partial charge in [0.05, 0.1) is 12.7 Å². The summed E-state index contributed by atoms with van der Waals surface area (Å²) in [6, 6.07) is 10.9. The van der Waals surface area contributed by atoms with E-state index in [-0.39, 0.29) is 28.2 Å². The zero-order valence-corrected chi connectivity index (χ0v) is 17.8. The summed E-state index contributed by atoms with van der Waals surface area (Å²) in [5.74, 6) is -1.11. The Morgan fingerprint density at radius 2 is 1.77 bits per heavy atom. The van der Waals surface area contributed by atoms with Crippen LogP contribution in [0.2, 0.25) is 0 Å². The number of nitrogens with one attached hydrogen (secondary N) is 2. The standard InChI is InChI=1S/C21H24N2O6S/c1-13-4-7-17(8-5-13)23-30(26,27)19-12-15(6-11-18(19)28-3)21(25)29-14(2)20(24)22-16-9-10-16/h4-8,11-12,14,16,23H,9-10H2,1-3H3,(H,22,24). The van der Waals surface area contributed by atoms with Gasteiger partial charge in [-0.2, -0.15) is 0 Å². The minimum atomic E-state index is -4.04. The number of carbonyl (C=O) groups excluding carboxylic acids is 2. The van der Waals surface area contributed by atoms with Gasteiger partial charge in [-0.3, -0.25) is 9.52 Å². The van der Waals surface area contributed by atoms with Crippen LogP contribution in [-0.4, -0.2) is 39.5 Å². The second-order valence-corrected chi connectivity index (χ2v) is 8.82. The van der Waals surface area contributed by atoms with E-state index >= 15 is 0 Å². The Morgan fingerprint density at radius 3 is 2.37 bits per heavy atom. The lowest BCUT2D eigenvalue weighted by atomic mass is 10.2. The van der Waals surface area contributed by atoms with Crippen LogP contribution in [0.1, 0.15) is 35.7 Å². The maximum Gasteiger partial charge on any atom is 0.338 e. The molecule has 1 fully saturated rings. The highest BCUT2D eigenvalue weighted by atomic mass is 32.2. The van der Waals surface area contributed by atoms with Crippen molar-refractivity contribution in [2.45, 2.75) is 43.7 Å². The third kappa shape index (κ3) is 5.29. The summed E-state index contributed by atoms with van der Waals surface area (Å²) in [4.78, 5) is 24.3. The topological polar surface area (TPSA) is 111 Å².